The summed E-state index contributed by atoms with van der Waals surface area (Å²) >= 11 is 3.46. The smallest absolute Gasteiger partial charge is 0.256 e. The van der Waals surface area contributed by atoms with Crippen LogP contribution in [0.5, 0.6) is 11.5 Å². The molecule has 1 saturated heterocycles. The van der Waals surface area contributed by atoms with Gasteiger partial charge in [-0.3, -0.25) is 4.79 Å². The molecule has 7 nitrogen and oxygen atoms in total. The maximum Gasteiger partial charge on any atom is 0.256 e. The van der Waals surface area contributed by atoms with Gasteiger partial charge in [0.25, 0.3) is 5.91 Å². The molecule has 1 fully saturated rings. The second kappa shape index (κ2) is 9.53. The van der Waals surface area contributed by atoms with Gasteiger partial charge >= 0.3 is 0 Å². The van der Waals surface area contributed by atoms with Gasteiger partial charge in [0.15, 0.2) is 0 Å². The van der Waals surface area contributed by atoms with Gasteiger partial charge in [0, 0.05) is 29.1 Å². The number of hydrogen-bond donors (Lipinski definition) is 1. The molecule has 0 bridgehead atoms. The van der Waals surface area contributed by atoms with Crippen LogP contribution in [0.15, 0.2) is 56.3 Å². The normalized spacial score (nSPS) is 16.5. The van der Waals surface area contributed by atoms with Crippen LogP contribution in [0.2, 0.25) is 0 Å². The molecule has 3 aromatic rings. The zero-order valence-corrected chi connectivity index (χ0v) is 18.9. The molecule has 0 spiro atoms. The third-order valence-corrected chi connectivity index (χ3v) is 5.57. The quantitative estimate of drug-likeness (QED) is 0.559. The number of fused-ring (bicyclic) bond motifs is 1. The molecule has 2 heterocycles. The third-order valence-electron chi connectivity index (χ3n) is 5.08. The van der Waals surface area contributed by atoms with Crippen LogP contribution in [0.1, 0.15) is 23.2 Å². The van der Waals surface area contributed by atoms with E-state index in [1.54, 1.807) is 38.5 Å². The van der Waals surface area contributed by atoms with Crippen LogP contribution >= 0.6 is 15.9 Å². The Morgan fingerprint density at radius 2 is 2.06 bits per heavy atom. The standard InChI is InChI=1S/C23H23BrN2O5/c1-28-16-6-7-19(21(12-16)29-2)26-23-18(22(27)25-13-17-4-3-9-30-17)11-14-10-15(24)5-8-20(14)31-23/h5-8,10-12,17H,3-4,9,13H2,1-2H3,(H,25,27)/t17-/m0/s1. The summed E-state index contributed by atoms with van der Waals surface area (Å²) in [7, 11) is 3.14. The fourth-order valence-electron chi connectivity index (χ4n) is 3.44. The molecular formula is C23H23BrN2O5. The summed E-state index contributed by atoms with van der Waals surface area (Å²) in [4.78, 5) is 17.7. The molecule has 162 valence electrons. The molecule has 1 N–H and O–H groups in total. The van der Waals surface area contributed by atoms with Crippen LogP contribution in [-0.4, -0.2) is 39.4 Å². The molecule has 1 aliphatic heterocycles. The predicted molar refractivity (Wildman–Crippen MR) is 120 cm³/mol. The van der Waals surface area contributed by atoms with Gasteiger partial charge in [0.2, 0.25) is 5.55 Å². The van der Waals surface area contributed by atoms with Crippen LogP contribution in [0.3, 0.4) is 0 Å². The van der Waals surface area contributed by atoms with Crippen molar-refractivity contribution >= 4 is 38.5 Å². The maximum absolute atomic E-state index is 13.0. The Hall–Kier alpha value is -2.84. The number of ether oxygens (including phenoxy) is 3. The number of carbonyl (C=O) groups excluding carboxylic acids is 1. The Kier molecular flexibility index (Phi) is 6.58. The Morgan fingerprint density at radius 3 is 2.81 bits per heavy atom. The van der Waals surface area contributed by atoms with E-state index in [0.717, 1.165) is 29.3 Å². The highest BCUT2D eigenvalue weighted by molar-refractivity contribution is 9.10. The van der Waals surface area contributed by atoms with Crippen molar-refractivity contribution in [2.75, 3.05) is 27.4 Å². The van der Waals surface area contributed by atoms with Crippen LogP contribution in [0, 0.1) is 0 Å². The van der Waals surface area contributed by atoms with Gasteiger partial charge in [-0.25, -0.2) is 4.99 Å². The average Bonchev–Trinajstić information content (AvgIpc) is 3.31. The molecule has 31 heavy (non-hydrogen) atoms. The summed E-state index contributed by atoms with van der Waals surface area (Å²) in [5.74, 6) is 0.883. The Bertz CT molecular complexity index is 1170. The number of amides is 1. The molecule has 2 aromatic carbocycles. The summed E-state index contributed by atoms with van der Waals surface area (Å²) in [6.07, 6.45) is 1.99. The van der Waals surface area contributed by atoms with Crippen molar-refractivity contribution in [2.24, 2.45) is 4.99 Å². The van der Waals surface area contributed by atoms with Gasteiger partial charge in [-0.15, -0.1) is 0 Å². The lowest BCUT2D eigenvalue weighted by molar-refractivity contribution is 0.0854. The second-order valence-corrected chi connectivity index (χ2v) is 8.06. The Labute approximate surface area is 188 Å². The van der Waals surface area contributed by atoms with Crippen LogP contribution in [0.4, 0.5) is 5.69 Å². The zero-order chi connectivity index (χ0) is 21.8. The molecule has 0 unspecified atom stereocenters. The van der Waals surface area contributed by atoms with E-state index in [1.165, 1.54) is 0 Å². The number of benzene rings is 2. The molecule has 0 radical (unpaired) electrons. The van der Waals surface area contributed by atoms with E-state index >= 15 is 0 Å². The molecule has 1 aromatic heterocycles. The minimum absolute atomic E-state index is 0.0394. The predicted octanol–water partition coefficient (Wildman–Crippen LogP) is 4.35. The summed E-state index contributed by atoms with van der Waals surface area (Å²) in [5, 5.41) is 3.74. The number of hydrogen-bond acceptors (Lipinski definition) is 6. The zero-order valence-electron chi connectivity index (χ0n) is 17.3. The van der Waals surface area contributed by atoms with Crippen molar-refractivity contribution in [1.82, 2.24) is 5.32 Å². The monoisotopic (exact) mass is 486 g/mol. The molecule has 1 atom stereocenters. The van der Waals surface area contributed by atoms with E-state index in [1.807, 2.05) is 18.2 Å². The van der Waals surface area contributed by atoms with Crippen molar-refractivity contribution in [3.05, 3.63) is 58.1 Å². The number of carbonyl (C=O) groups is 1. The number of nitrogens with one attached hydrogen (secondary N) is 1. The van der Waals surface area contributed by atoms with E-state index in [2.05, 4.69) is 26.2 Å². The molecule has 4 rings (SSSR count). The highest BCUT2D eigenvalue weighted by Crippen LogP contribution is 2.31. The Morgan fingerprint density at radius 1 is 1.19 bits per heavy atom. The third kappa shape index (κ3) is 4.91. The minimum atomic E-state index is -0.271. The van der Waals surface area contributed by atoms with Crippen molar-refractivity contribution in [2.45, 2.75) is 18.9 Å². The van der Waals surface area contributed by atoms with Gasteiger partial charge in [-0.2, -0.15) is 0 Å². The van der Waals surface area contributed by atoms with Crippen molar-refractivity contribution in [3.8, 4) is 11.5 Å². The van der Waals surface area contributed by atoms with Gasteiger partial charge < -0.3 is 23.9 Å². The van der Waals surface area contributed by atoms with Crippen LogP contribution in [-0.2, 0) is 4.74 Å². The highest BCUT2D eigenvalue weighted by atomic mass is 79.9. The van der Waals surface area contributed by atoms with Gasteiger partial charge in [0.1, 0.15) is 28.3 Å². The first-order valence-corrected chi connectivity index (χ1v) is 10.8. The number of rotatable bonds is 6. The maximum atomic E-state index is 13.0. The van der Waals surface area contributed by atoms with Crippen LogP contribution < -0.4 is 20.3 Å². The van der Waals surface area contributed by atoms with Gasteiger partial charge in [-0.05, 0) is 49.2 Å². The molecule has 8 heteroatoms. The second-order valence-electron chi connectivity index (χ2n) is 7.14. The van der Waals surface area contributed by atoms with E-state index in [0.29, 0.717) is 34.9 Å². The van der Waals surface area contributed by atoms with E-state index < -0.39 is 0 Å². The first kappa shape index (κ1) is 21.4. The topological polar surface area (TPSA) is 82.3 Å². The summed E-state index contributed by atoms with van der Waals surface area (Å²) < 4.78 is 23.2. The highest BCUT2D eigenvalue weighted by Gasteiger charge is 2.19. The first-order valence-electron chi connectivity index (χ1n) is 9.97. The Balaban J connectivity index is 1.78. The van der Waals surface area contributed by atoms with Crippen molar-refractivity contribution in [1.29, 1.82) is 0 Å². The molecular weight excluding hydrogens is 464 g/mol. The van der Waals surface area contributed by atoms with Crippen molar-refractivity contribution in [3.63, 3.8) is 0 Å². The lowest BCUT2D eigenvalue weighted by Crippen LogP contribution is -2.34. The molecule has 0 aliphatic carbocycles. The number of methoxy groups -OCH3 is 2. The molecule has 0 saturated carbocycles. The SMILES string of the molecule is COc1ccc(N=c2oc3ccc(Br)cc3cc2C(=O)NC[C@@H]2CCCO2)c(OC)c1. The summed E-state index contributed by atoms with van der Waals surface area (Å²) in [6.45, 7) is 1.18. The van der Waals surface area contributed by atoms with Gasteiger partial charge in [-0.1, -0.05) is 15.9 Å². The fourth-order valence-corrected chi connectivity index (χ4v) is 3.82. The average molecular weight is 487 g/mol. The number of nitrogens with zero attached hydrogens (tertiary/aromatic N) is 1. The van der Waals surface area contributed by atoms with Crippen molar-refractivity contribution < 1.29 is 23.4 Å². The fraction of sp³-hybridized carbons (Fsp3) is 0.304. The first-order chi connectivity index (χ1) is 15.1. The largest absolute Gasteiger partial charge is 0.497 e. The van der Waals surface area contributed by atoms with Crippen LogP contribution in [0.25, 0.3) is 11.0 Å². The summed E-state index contributed by atoms with van der Waals surface area (Å²) in [5.41, 5.74) is 1.67. The molecule has 1 aliphatic rings. The van der Waals surface area contributed by atoms with E-state index in [9.17, 15) is 4.79 Å². The lowest BCUT2D eigenvalue weighted by atomic mass is 10.1. The van der Waals surface area contributed by atoms with E-state index in [4.69, 9.17) is 18.6 Å². The van der Waals surface area contributed by atoms with E-state index in [-0.39, 0.29) is 17.6 Å². The lowest BCUT2D eigenvalue weighted by Gasteiger charge is -2.11. The van der Waals surface area contributed by atoms with Gasteiger partial charge in [0.05, 0.1) is 20.3 Å². The summed E-state index contributed by atoms with van der Waals surface area (Å²) in [6, 6.07) is 12.6. The number of halogens is 1. The minimum Gasteiger partial charge on any atom is -0.497 e. The molecule has 1 amide bonds.